The van der Waals surface area contributed by atoms with Crippen molar-refractivity contribution in [2.75, 3.05) is 20.3 Å². The van der Waals surface area contributed by atoms with Crippen LogP contribution in [0.15, 0.2) is 36.4 Å². The maximum absolute atomic E-state index is 13.9. The Labute approximate surface area is 197 Å². The fourth-order valence-electron chi connectivity index (χ4n) is 3.09. The normalized spacial score (nSPS) is 11.5. The predicted octanol–water partition coefficient (Wildman–Crippen LogP) is 2.56. The first kappa shape index (κ1) is 26.6. The SMILES string of the molecule is CCNC(=O)COc1ccc(CNC(=O)C(NC(=O)c2c(F)cccc2F)C(C)C)cc1OC. The zero-order valence-corrected chi connectivity index (χ0v) is 19.5. The third-order valence-electron chi connectivity index (χ3n) is 4.85. The molecule has 0 aliphatic rings. The topological polar surface area (TPSA) is 106 Å². The van der Waals surface area contributed by atoms with Gasteiger partial charge in [-0.05, 0) is 42.7 Å². The van der Waals surface area contributed by atoms with Crippen molar-refractivity contribution in [2.24, 2.45) is 5.92 Å². The Kier molecular flexibility index (Phi) is 9.78. The van der Waals surface area contributed by atoms with E-state index in [9.17, 15) is 23.2 Å². The van der Waals surface area contributed by atoms with Crippen molar-refractivity contribution in [3.8, 4) is 11.5 Å². The summed E-state index contributed by atoms with van der Waals surface area (Å²) in [6.45, 7) is 5.62. The highest BCUT2D eigenvalue weighted by Crippen LogP contribution is 2.28. The van der Waals surface area contributed by atoms with Crippen LogP contribution >= 0.6 is 0 Å². The van der Waals surface area contributed by atoms with Gasteiger partial charge in [0.2, 0.25) is 5.91 Å². The molecule has 0 fully saturated rings. The van der Waals surface area contributed by atoms with Crippen LogP contribution in [-0.2, 0) is 16.1 Å². The van der Waals surface area contributed by atoms with E-state index in [1.165, 1.54) is 7.11 Å². The molecular weight excluding hydrogens is 448 g/mol. The van der Waals surface area contributed by atoms with Gasteiger partial charge in [-0.2, -0.15) is 0 Å². The number of ether oxygens (including phenoxy) is 2. The van der Waals surface area contributed by atoms with E-state index >= 15 is 0 Å². The second-order valence-corrected chi connectivity index (χ2v) is 7.74. The second kappa shape index (κ2) is 12.5. The molecule has 1 unspecified atom stereocenters. The molecule has 3 N–H and O–H groups in total. The molecule has 0 radical (unpaired) electrons. The Balaban J connectivity index is 2.04. The van der Waals surface area contributed by atoms with Crippen LogP contribution in [-0.4, -0.2) is 44.0 Å². The average molecular weight is 478 g/mol. The van der Waals surface area contributed by atoms with Crippen molar-refractivity contribution < 1.29 is 32.6 Å². The van der Waals surface area contributed by atoms with Crippen LogP contribution in [0.1, 0.15) is 36.7 Å². The number of nitrogens with one attached hydrogen (secondary N) is 3. The summed E-state index contributed by atoms with van der Waals surface area (Å²) in [5, 5.41) is 7.73. The maximum atomic E-state index is 13.9. The van der Waals surface area contributed by atoms with Gasteiger partial charge in [0.05, 0.1) is 7.11 Å². The lowest BCUT2D eigenvalue weighted by molar-refractivity contribution is -0.124. The predicted molar refractivity (Wildman–Crippen MR) is 121 cm³/mol. The van der Waals surface area contributed by atoms with E-state index in [2.05, 4.69) is 16.0 Å². The standard InChI is InChI=1S/C24H29F2N3O5/c1-5-27-20(30)13-34-18-10-9-15(11-19(18)33-4)12-28-24(32)22(14(2)3)29-23(31)21-16(25)7-6-8-17(21)26/h6-11,14,22H,5,12-13H2,1-4H3,(H,27,30)(H,28,32)(H,29,31). The number of methoxy groups -OCH3 is 1. The highest BCUT2D eigenvalue weighted by atomic mass is 19.1. The molecule has 2 aromatic carbocycles. The zero-order valence-electron chi connectivity index (χ0n) is 19.5. The fourth-order valence-corrected chi connectivity index (χ4v) is 3.09. The smallest absolute Gasteiger partial charge is 0.257 e. The van der Waals surface area contributed by atoms with E-state index in [0.29, 0.717) is 23.6 Å². The maximum Gasteiger partial charge on any atom is 0.257 e. The Morgan fingerprint density at radius 2 is 1.68 bits per heavy atom. The molecule has 0 bridgehead atoms. The molecule has 0 aromatic heterocycles. The Morgan fingerprint density at radius 1 is 1.00 bits per heavy atom. The highest BCUT2D eigenvalue weighted by molar-refractivity contribution is 5.98. The Bertz CT molecular complexity index is 1010. The van der Waals surface area contributed by atoms with Crippen molar-refractivity contribution in [1.82, 2.24) is 16.0 Å². The summed E-state index contributed by atoms with van der Waals surface area (Å²) >= 11 is 0. The molecule has 1 atom stereocenters. The van der Waals surface area contributed by atoms with Crippen LogP contribution in [0.3, 0.4) is 0 Å². The van der Waals surface area contributed by atoms with Crippen molar-refractivity contribution >= 4 is 17.7 Å². The molecule has 10 heteroatoms. The van der Waals surface area contributed by atoms with Gasteiger partial charge in [0.1, 0.15) is 23.2 Å². The quantitative estimate of drug-likeness (QED) is 0.461. The minimum absolute atomic E-state index is 0.0962. The van der Waals surface area contributed by atoms with Crippen LogP contribution in [0.4, 0.5) is 8.78 Å². The van der Waals surface area contributed by atoms with Gasteiger partial charge < -0.3 is 25.4 Å². The van der Waals surface area contributed by atoms with E-state index in [1.54, 1.807) is 39.0 Å². The summed E-state index contributed by atoms with van der Waals surface area (Å²) in [6.07, 6.45) is 0. The molecular formula is C24H29F2N3O5. The number of hydrogen-bond donors (Lipinski definition) is 3. The summed E-state index contributed by atoms with van der Waals surface area (Å²) in [7, 11) is 1.45. The van der Waals surface area contributed by atoms with Crippen LogP contribution < -0.4 is 25.4 Å². The van der Waals surface area contributed by atoms with Gasteiger partial charge in [0, 0.05) is 13.1 Å². The third-order valence-corrected chi connectivity index (χ3v) is 4.85. The molecule has 0 saturated carbocycles. The van der Waals surface area contributed by atoms with Crippen molar-refractivity contribution in [3.63, 3.8) is 0 Å². The number of carbonyl (C=O) groups excluding carboxylic acids is 3. The summed E-state index contributed by atoms with van der Waals surface area (Å²) in [5.74, 6) is -3.43. The summed E-state index contributed by atoms with van der Waals surface area (Å²) < 4.78 is 38.6. The number of likely N-dealkylation sites (N-methyl/N-ethyl adjacent to an activating group) is 1. The molecule has 184 valence electrons. The Hall–Kier alpha value is -3.69. The number of rotatable bonds is 11. The zero-order chi connectivity index (χ0) is 25.3. The second-order valence-electron chi connectivity index (χ2n) is 7.74. The molecule has 0 saturated heterocycles. The van der Waals surface area contributed by atoms with Crippen LogP contribution in [0, 0.1) is 17.6 Å². The van der Waals surface area contributed by atoms with E-state index < -0.39 is 35.1 Å². The first-order chi connectivity index (χ1) is 16.2. The van der Waals surface area contributed by atoms with E-state index in [1.807, 2.05) is 0 Å². The largest absolute Gasteiger partial charge is 0.493 e. The van der Waals surface area contributed by atoms with Gasteiger partial charge in [-0.15, -0.1) is 0 Å². The third kappa shape index (κ3) is 7.16. The van der Waals surface area contributed by atoms with Gasteiger partial charge in [-0.3, -0.25) is 14.4 Å². The van der Waals surface area contributed by atoms with Crippen LogP contribution in [0.25, 0.3) is 0 Å². The monoisotopic (exact) mass is 477 g/mol. The minimum Gasteiger partial charge on any atom is -0.493 e. The molecule has 2 aromatic rings. The van der Waals surface area contributed by atoms with Crippen LogP contribution in [0.5, 0.6) is 11.5 Å². The average Bonchev–Trinajstić information content (AvgIpc) is 2.79. The molecule has 8 nitrogen and oxygen atoms in total. The van der Waals surface area contributed by atoms with Crippen molar-refractivity contribution in [3.05, 3.63) is 59.2 Å². The van der Waals surface area contributed by atoms with Gasteiger partial charge in [-0.1, -0.05) is 26.0 Å². The first-order valence-corrected chi connectivity index (χ1v) is 10.8. The highest BCUT2D eigenvalue weighted by Gasteiger charge is 2.27. The lowest BCUT2D eigenvalue weighted by atomic mass is 10.0. The van der Waals surface area contributed by atoms with Crippen LogP contribution in [0.2, 0.25) is 0 Å². The summed E-state index contributed by atoms with van der Waals surface area (Å²) in [4.78, 5) is 36.8. The number of benzene rings is 2. The van der Waals surface area contributed by atoms with E-state index in [-0.39, 0.29) is 25.0 Å². The molecule has 0 aliphatic carbocycles. The molecule has 34 heavy (non-hydrogen) atoms. The molecule has 2 rings (SSSR count). The molecule has 0 spiro atoms. The molecule has 3 amide bonds. The van der Waals surface area contributed by atoms with Gasteiger partial charge in [0.15, 0.2) is 18.1 Å². The van der Waals surface area contributed by atoms with E-state index in [4.69, 9.17) is 9.47 Å². The lowest BCUT2D eigenvalue weighted by Gasteiger charge is -2.22. The first-order valence-electron chi connectivity index (χ1n) is 10.8. The van der Waals surface area contributed by atoms with Crippen molar-refractivity contribution in [2.45, 2.75) is 33.4 Å². The molecule has 0 aliphatic heterocycles. The van der Waals surface area contributed by atoms with Gasteiger partial charge in [0.25, 0.3) is 11.8 Å². The number of carbonyl (C=O) groups is 3. The number of halogens is 2. The van der Waals surface area contributed by atoms with Gasteiger partial charge >= 0.3 is 0 Å². The number of hydrogen-bond acceptors (Lipinski definition) is 5. The number of amides is 3. The Morgan fingerprint density at radius 3 is 2.26 bits per heavy atom. The van der Waals surface area contributed by atoms with Crippen molar-refractivity contribution in [1.29, 1.82) is 0 Å². The molecule has 0 heterocycles. The summed E-state index contributed by atoms with van der Waals surface area (Å²) in [6, 6.07) is 7.02. The van der Waals surface area contributed by atoms with Gasteiger partial charge in [-0.25, -0.2) is 8.78 Å². The fraction of sp³-hybridized carbons (Fsp3) is 0.375. The van der Waals surface area contributed by atoms with E-state index in [0.717, 1.165) is 18.2 Å². The lowest BCUT2D eigenvalue weighted by Crippen LogP contribution is -2.49. The summed E-state index contributed by atoms with van der Waals surface area (Å²) in [5.41, 5.74) is -0.0709. The minimum atomic E-state index is -1.02.